The molecule has 8 nitrogen and oxygen atoms in total. The van der Waals surface area contributed by atoms with Crippen molar-refractivity contribution >= 4 is 33.0 Å². The number of nitrogens with zero attached hydrogens (tertiary/aromatic N) is 3. The van der Waals surface area contributed by atoms with Gasteiger partial charge in [0.15, 0.2) is 0 Å². The van der Waals surface area contributed by atoms with Gasteiger partial charge in [-0.25, -0.2) is 8.42 Å². The first-order valence-corrected chi connectivity index (χ1v) is 13.5. The maximum absolute atomic E-state index is 13.3. The standard InChI is InChI=1S/C23H26N4O4S2/c1-15-5-2-9-19(11-15)24-22(28)17-8-4-10-27(13-17)33(29,30)20-12-18(14-32-20)21-25-23(31-26-21)16-6-3-7-16/h2,5,9,11-12,14,16-17H,3-4,6-8,10,13H2,1H3,(H,24,28). The molecule has 5 rings (SSSR count). The third-order valence-electron chi connectivity index (χ3n) is 6.36. The number of sulfonamides is 1. The average molecular weight is 487 g/mol. The monoisotopic (exact) mass is 486 g/mol. The fraction of sp³-hybridized carbons (Fsp3) is 0.435. The summed E-state index contributed by atoms with van der Waals surface area (Å²) in [4.78, 5) is 17.3. The highest BCUT2D eigenvalue weighted by Gasteiger charge is 2.34. The highest BCUT2D eigenvalue weighted by molar-refractivity contribution is 7.91. The van der Waals surface area contributed by atoms with E-state index in [0.29, 0.717) is 42.6 Å². The quantitative estimate of drug-likeness (QED) is 0.553. The second-order valence-electron chi connectivity index (χ2n) is 8.80. The van der Waals surface area contributed by atoms with Gasteiger partial charge in [0.1, 0.15) is 4.21 Å². The van der Waals surface area contributed by atoms with Crippen molar-refractivity contribution in [3.05, 3.63) is 47.2 Å². The molecule has 1 saturated heterocycles. The number of anilines is 1. The summed E-state index contributed by atoms with van der Waals surface area (Å²) in [5, 5.41) is 8.71. The molecular weight excluding hydrogens is 460 g/mol. The van der Waals surface area contributed by atoms with E-state index in [1.54, 1.807) is 11.4 Å². The molecule has 3 aromatic rings. The van der Waals surface area contributed by atoms with Crippen molar-refractivity contribution in [1.29, 1.82) is 0 Å². The first-order chi connectivity index (χ1) is 15.9. The molecule has 3 heterocycles. The Labute approximate surface area is 197 Å². The van der Waals surface area contributed by atoms with Gasteiger partial charge in [-0.2, -0.15) is 9.29 Å². The van der Waals surface area contributed by atoms with E-state index < -0.39 is 15.9 Å². The van der Waals surface area contributed by atoms with Crippen LogP contribution in [0.3, 0.4) is 0 Å². The lowest BCUT2D eigenvalue weighted by Gasteiger charge is -2.30. The number of amides is 1. The van der Waals surface area contributed by atoms with Crippen LogP contribution in [0.15, 0.2) is 44.4 Å². The van der Waals surface area contributed by atoms with E-state index in [1.165, 1.54) is 10.7 Å². The molecular formula is C23H26N4O4S2. The molecule has 1 N–H and O–H groups in total. The molecule has 0 radical (unpaired) electrons. The van der Waals surface area contributed by atoms with Gasteiger partial charge in [0.05, 0.1) is 5.92 Å². The highest BCUT2D eigenvalue weighted by atomic mass is 32.2. The highest BCUT2D eigenvalue weighted by Crippen LogP contribution is 2.37. The molecule has 1 aliphatic carbocycles. The van der Waals surface area contributed by atoms with Gasteiger partial charge in [0, 0.05) is 35.6 Å². The van der Waals surface area contributed by atoms with Crippen LogP contribution in [0, 0.1) is 12.8 Å². The minimum atomic E-state index is -3.71. The molecule has 10 heteroatoms. The second-order valence-corrected chi connectivity index (χ2v) is 11.9. The number of rotatable bonds is 6. The maximum Gasteiger partial charge on any atom is 0.252 e. The van der Waals surface area contributed by atoms with Crippen LogP contribution in [-0.4, -0.2) is 41.9 Å². The van der Waals surface area contributed by atoms with Crippen molar-refractivity contribution in [2.75, 3.05) is 18.4 Å². The number of aryl methyl sites for hydroxylation is 1. The van der Waals surface area contributed by atoms with Gasteiger partial charge in [0.2, 0.25) is 17.6 Å². The lowest BCUT2D eigenvalue weighted by atomic mass is 9.85. The van der Waals surface area contributed by atoms with E-state index >= 15 is 0 Å². The number of benzene rings is 1. The first-order valence-electron chi connectivity index (χ1n) is 11.2. The molecule has 0 spiro atoms. The number of hydrogen-bond acceptors (Lipinski definition) is 7. The summed E-state index contributed by atoms with van der Waals surface area (Å²) < 4.78 is 33.6. The van der Waals surface area contributed by atoms with Gasteiger partial charge in [0.25, 0.3) is 10.0 Å². The summed E-state index contributed by atoms with van der Waals surface area (Å²) in [7, 11) is -3.71. The Morgan fingerprint density at radius 1 is 1.21 bits per heavy atom. The molecule has 1 atom stereocenters. The van der Waals surface area contributed by atoms with Gasteiger partial charge >= 0.3 is 0 Å². The minimum Gasteiger partial charge on any atom is -0.339 e. The summed E-state index contributed by atoms with van der Waals surface area (Å²) in [6, 6.07) is 9.19. The lowest BCUT2D eigenvalue weighted by molar-refractivity contribution is -0.120. The topological polar surface area (TPSA) is 105 Å². The Morgan fingerprint density at radius 3 is 2.82 bits per heavy atom. The van der Waals surface area contributed by atoms with Gasteiger partial charge in [-0.3, -0.25) is 4.79 Å². The number of aromatic nitrogens is 2. The van der Waals surface area contributed by atoms with Crippen LogP contribution in [0.4, 0.5) is 5.69 Å². The predicted molar refractivity (Wildman–Crippen MR) is 125 cm³/mol. The Kier molecular flexibility index (Phi) is 6.07. The first kappa shape index (κ1) is 22.2. The normalized spacial score (nSPS) is 19.8. The summed E-state index contributed by atoms with van der Waals surface area (Å²) in [6.07, 6.45) is 4.57. The van der Waals surface area contributed by atoms with E-state index in [4.69, 9.17) is 4.52 Å². The fourth-order valence-electron chi connectivity index (χ4n) is 4.21. The molecule has 1 saturated carbocycles. The van der Waals surface area contributed by atoms with Crippen LogP contribution in [0.1, 0.15) is 49.5 Å². The number of carbonyl (C=O) groups is 1. The van der Waals surface area contributed by atoms with Crippen molar-refractivity contribution in [1.82, 2.24) is 14.4 Å². The third kappa shape index (κ3) is 4.60. The van der Waals surface area contributed by atoms with Crippen molar-refractivity contribution < 1.29 is 17.7 Å². The molecule has 1 amide bonds. The minimum absolute atomic E-state index is 0.150. The Hall–Kier alpha value is -2.56. The summed E-state index contributed by atoms with van der Waals surface area (Å²) in [6.45, 7) is 2.53. The van der Waals surface area contributed by atoms with Crippen LogP contribution < -0.4 is 5.32 Å². The van der Waals surface area contributed by atoms with E-state index in [0.717, 1.165) is 35.4 Å². The zero-order valence-electron chi connectivity index (χ0n) is 18.4. The Morgan fingerprint density at radius 2 is 2.06 bits per heavy atom. The zero-order chi connectivity index (χ0) is 23.0. The number of thiophene rings is 1. The maximum atomic E-state index is 13.3. The second kappa shape index (κ2) is 9.00. The van der Waals surface area contributed by atoms with Crippen molar-refractivity contribution in [2.45, 2.75) is 49.2 Å². The SMILES string of the molecule is Cc1cccc(NC(=O)C2CCCN(S(=O)(=O)c3cc(-c4noc(C5CCC5)n4)cs3)C2)c1. The summed E-state index contributed by atoms with van der Waals surface area (Å²) >= 11 is 1.14. The average Bonchev–Trinajstić information content (AvgIpc) is 3.43. The molecule has 1 aromatic carbocycles. The number of piperidine rings is 1. The molecule has 1 aliphatic heterocycles. The molecule has 0 bridgehead atoms. The van der Waals surface area contributed by atoms with Crippen LogP contribution in [0.2, 0.25) is 0 Å². The van der Waals surface area contributed by atoms with E-state index in [2.05, 4.69) is 15.5 Å². The van der Waals surface area contributed by atoms with Crippen LogP contribution in [0.25, 0.3) is 11.4 Å². The number of hydrogen-bond donors (Lipinski definition) is 1. The Bertz CT molecular complexity index is 1260. The summed E-state index contributed by atoms with van der Waals surface area (Å²) in [5.74, 6) is 0.830. The van der Waals surface area contributed by atoms with Crippen molar-refractivity contribution in [3.8, 4) is 11.4 Å². The molecule has 1 unspecified atom stereocenters. The van der Waals surface area contributed by atoms with Crippen molar-refractivity contribution in [2.24, 2.45) is 5.92 Å². The van der Waals surface area contributed by atoms with Crippen molar-refractivity contribution in [3.63, 3.8) is 0 Å². The largest absolute Gasteiger partial charge is 0.339 e. The van der Waals surface area contributed by atoms with E-state index in [-0.39, 0.29) is 16.7 Å². The number of carbonyl (C=O) groups excluding carboxylic acids is 1. The lowest BCUT2D eigenvalue weighted by Crippen LogP contribution is -2.43. The summed E-state index contributed by atoms with van der Waals surface area (Å²) in [5.41, 5.74) is 2.42. The molecule has 2 aliphatic rings. The number of nitrogens with one attached hydrogen (secondary N) is 1. The van der Waals surface area contributed by atoms with Gasteiger partial charge in [-0.05, 0) is 56.4 Å². The molecule has 2 fully saturated rings. The van der Waals surface area contributed by atoms with E-state index in [1.807, 2.05) is 31.2 Å². The van der Waals surface area contributed by atoms with Crippen LogP contribution in [-0.2, 0) is 14.8 Å². The molecule has 33 heavy (non-hydrogen) atoms. The van der Waals surface area contributed by atoms with Gasteiger partial charge < -0.3 is 9.84 Å². The van der Waals surface area contributed by atoms with E-state index in [9.17, 15) is 13.2 Å². The van der Waals surface area contributed by atoms with Gasteiger partial charge in [-0.1, -0.05) is 23.7 Å². The van der Waals surface area contributed by atoms with Crippen LogP contribution >= 0.6 is 11.3 Å². The fourth-order valence-corrected chi connectivity index (χ4v) is 7.05. The molecule has 2 aromatic heterocycles. The van der Waals surface area contributed by atoms with Crippen LogP contribution in [0.5, 0.6) is 0 Å². The molecule has 174 valence electrons. The smallest absolute Gasteiger partial charge is 0.252 e. The zero-order valence-corrected chi connectivity index (χ0v) is 20.0. The van der Waals surface area contributed by atoms with Gasteiger partial charge in [-0.15, -0.1) is 11.3 Å². The third-order valence-corrected chi connectivity index (χ3v) is 9.64. The predicted octanol–water partition coefficient (Wildman–Crippen LogP) is 4.41. The Balaban J connectivity index is 1.28.